The number of aromatic nitrogens is 3. The van der Waals surface area contributed by atoms with Gasteiger partial charge in [0.1, 0.15) is 0 Å². The van der Waals surface area contributed by atoms with E-state index in [1.54, 1.807) is 24.5 Å². The van der Waals surface area contributed by atoms with E-state index < -0.39 is 0 Å². The fourth-order valence-electron chi connectivity index (χ4n) is 1.61. The van der Waals surface area contributed by atoms with Crippen molar-refractivity contribution in [3.63, 3.8) is 0 Å². The number of thiazole rings is 1. The maximum Gasteiger partial charge on any atom is 0.185 e. The smallest absolute Gasteiger partial charge is 0.185 e. The molecule has 0 aromatic carbocycles. The standard InChI is InChI=1S/C11H15BrN4OS/c1-8(17)5-15(2)11-13-4-10(18-11)7-16-6-9(12)3-14-16/h3-4,6,8,17H,5,7H2,1-2H3. The summed E-state index contributed by atoms with van der Waals surface area (Å²) in [5.41, 5.74) is 0. The summed E-state index contributed by atoms with van der Waals surface area (Å²) in [6.07, 6.45) is 5.19. The van der Waals surface area contributed by atoms with Gasteiger partial charge in [0.15, 0.2) is 5.13 Å². The molecule has 5 nitrogen and oxygen atoms in total. The molecule has 0 saturated heterocycles. The molecule has 2 aromatic heterocycles. The van der Waals surface area contributed by atoms with Crippen molar-refractivity contribution in [3.05, 3.63) is 27.9 Å². The number of rotatable bonds is 5. The molecule has 1 unspecified atom stereocenters. The first kappa shape index (κ1) is 13.5. The Morgan fingerprint density at radius 2 is 2.33 bits per heavy atom. The predicted octanol–water partition coefficient (Wildman–Crippen LogP) is 1.97. The average molecular weight is 331 g/mol. The van der Waals surface area contributed by atoms with Crippen molar-refractivity contribution in [2.45, 2.75) is 19.6 Å². The fourth-order valence-corrected chi connectivity index (χ4v) is 2.81. The van der Waals surface area contributed by atoms with Gasteiger partial charge in [0.2, 0.25) is 0 Å². The molecule has 0 radical (unpaired) electrons. The molecule has 0 spiro atoms. The number of likely N-dealkylation sites (N-methyl/N-ethyl adjacent to an activating group) is 1. The normalized spacial score (nSPS) is 12.7. The molecule has 0 aliphatic carbocycles. The highest BCUT2D eigenvalue weighted by Gasteiger charge is 2.09. The topological polar surface area (TPSA) is 54.2 Å². The van der Waals surface area contributed by atoms with Crippen molar-refractivity contribution in [1.82, 2.24) is 14.8 Å². The van der Waals surface area contributed by atoms with Crippen LogP contribution in [0.25, 0.3) is 0 Å². The van der Waals surface area contributed by atoms with Crippen molar-refractivity contribution in [2.75, 3.05) is 18.5 Å². The molecule has 1 N–H and O–H groups in total. The Labute approximate surface area is 118 Å². The van der Waals surface area contributed by atoms with Gasteiger partial charge in [-0.1, -0.05) is 11.3 Å². The van der Waals surface area contributed by atoms with Gasteiger partial charge >= 0.3 is 0 Å². The van der Waals surface area contributed by atoms with E-state index in [4.69, 9.17) is 0 Å². The second-order valence-electron chi connectivity index (χ2n) is 4.19. The van der Waals surface area contributed by atoms with E-state index in [1.165, 1.54) is 0 Å². The molecule has 2 aromatic rings. The highest BCUT2D eigenvalue weighted by atomic mass is 79.9. The quantitative estimate of drug-likeness (QED) is 0.910. The molecule has 2 rings (SSSR count). The highest BCUT2D eigenvalue weighted by molar-refractivity contribution is 9.10. The zero-order valence-electron chi connectivity index (χ0n) is 10.2. The van der Waals surface area contributed by atoms with E-state index >= 15 is 0 Å². The van der Waals surface area contributed by atoms with Gasteiger partial charge < -0.3 is 10.0 Å². The van der Waals surface area contributed by atoms with Crippen LogP contribution in [0, 0.1) is 0 Å². The summed E-state index contributed by atoms with van der Waals surface area (Å²) in [5.74, 6) is 0. The zero-order chi connectivity index (χ0) is 13.1. The summed E-state index contributed by atoms with van der Waals surface area (Å²) in [6.45, 7) is 3.07. The van der Waals surface area contributed by atoms with E-state index in [0.717, 1.165) is 14.5 Å². The van der Waals surface area contributed by atoms with Crippen LogP contribution < -0.4 is 4.90 Å². The molecule has 18 heavy (non-hydrogen) atoms. The van der Waals surface area contributed by atoms with Gasteiger partial charge in [0.25, 0.3) is 0 Å². The number of aliphatic hydroxyl groups is 1. The summed E-state index contributed by atoms with van der Waals surface area (Å²) < 4.78 is 2.83. The second-order valence-corrected chi connectivity index (χ2v) is 6.20. The van der Waals surface area contributed by atoms with Gasteiger partial charge in [-0.3, -0.25) is 4.68 Å². The molecule has 2 heterocycles. The van der Waals surface area contributed by atoms with Crippen molar-refractivity contribution in [1.29, 1.82) is 0 Å². The maximum atomic E-state index is 9.34. The van der Waals surface area contributed by atoms with Crippen molar-refractivity contribution < 1.29 is 5.11 Å². The maximum absolute atomic E-state index is 9.34. The summed E-state index contributed by atoms with van der Waals surface area (Å²) in [7, 11) is 1.93. The van der Waals surface area contributed by atoms with Crippen LogP contribution in [-0.4, -0.2) is 39.6 Å². The van der Waals surface area contributed by atoms with E-state index in [0.29, 0.717) is 13.1 Å². The molecule has 98 valence electrons. The van der Waals surface area contributed by atoms with Gasteiger partial charge in [-0.25, -0.2) is 4.98 Å². The van der Waals surface area contributed by atoms with Crippen molar-refractivity contribution >= 4 is 32.4 Å². The number of hydrogen-bond donors (Lipinski definition) is 1. The second kappa shape index (κ2) is 5.81. The number of anilines is 1. The Morgan fingerprint density at radius 3 is 2.94 bits per heavy atom. The first-order chi connectivity index (χ1) is 8.54. The first-order valence-corrected chi connectivity index (χ1v) is 7.17. The van der Waals surface area contributed by atoms with Crippen molar-refractivity contribution in [2.24, 2.45) is 0 Å². The van der Waals surface area contributed by atoms with Gasteiger partial charge in [0, 0.05) is 30.9 Å². The van der Waals surface area contributed by atoms with Crippen LogP contribution in [0.5, 0.6) is 0 Å². The van der Waals surface area contributed by atoms with Crippen LogP contribution in [0.15, 0.2) is 23.1 Å². The van der Waals surface area contributed by atoms with Crippen LogP contribution in [0.3, 0.4) is 0 Å². The summed E-state index contributed by atoms with van der Waals surface area (Å²) in [6, 6.07) is 0. The van der Waals surface area contributed by atoms with E-state index in [-0.39, 0.29) is 6.10 Å². The van der Waals surface area contributed by atoms with Gasteiger partial charge in [-0.05, 0) is 22.9 Å². The lowest BCUT2D eigenvalue weighted by Crippen LogP contribution is -2.26. The minimum atomic E-state index is -0.357. The Balaban J connectivity index is 2.01. The Morgan fingerprint density at radius 1 is 1.56 bits per heavy atom. The molecule has 0 saturated carbocycles. The number of halogens is 1. The lowest BCUT2D eigenvalue weighted by molar-refractivity contribution is 0.201. The van der Waals surface area contributed by atoms with Crippen LogP contribution in [-0.2, 0) is 6.54 Å². The third-order valence-electron chi connectivity index (χ3n) is 2.33. The third kappa shape index (κ3) is 3.54. The van der Waals surface area contributed by atoms with Crippen LogP contribution in [0.2, 0.25) is 0 Å². The zero-order valence-corrected chi connectivity index (χ0v) is 12.6. The first-order valence-electron chi connectivity index (χ1n) is 5.56. The van der Waals surface area contributed by atoms with Crippen LogP contribution >= 0.6 is 27.3 Å². The van der Waals surface area contributed by atoms with Gasteiger partial charge in [-0.2, -0.15) is 5.10 Å². The average Bonchev–Trinajstić information content (AvgIpc) is 2.87. The fraction of sp³-hybridized carbons (Fsp3) is 0.455. The molecule has 0 aliphatic heterocycles. The lowest BCUT2D eigenvalue weighted by atomic mass is 10.4. The largest absolute Gasteiger partial charge is 0.392 e. The summed E-state index contributed by atoms with van der Waals surface area (Å²) in [4.78, 5) is 7.45. The molecule has 0 aliphatic rings. The van der Waals surface area contributed by atoms with E-state index in [1.807, 2.05) is 29.0 Å². The van der Waals surface area contributed by atoms with Gasteiger partial charge in [0.05, 0.1) is 23.3 Å². The molecule has 0 fully saturated rings. The highest BCUT2D eigenvalue weighted by Crippen LogP contribution is 2.22. The Kier molecular flexibility index (Phi) is 4.36. The molecule has 0 bridgehead atoms. The Hall–Kier alpha value is -0.920. The number of nitrogens with zero attached hydrogens (tertiary/aromatic N) is 4. The summed E-state index contributed by atoms with van der Waals surface area (Å²) >= 11 is 4.98. The van der Waals surface area contributed by atoms with Crippen molar-refractivity contribution in [3.8, 4) is 0 Å². The number of aliphatic hydroxyl groups excluding tert-OH is 1. The monoisotopic (exact) mass is 330 g/mol. The lowest BCUT2D eigenvalue weighted by Gasteiger charge is -2.16. The third-order valence-corrected chi connectivity index (χ3v) is 3.83. The van der Waals surface area contributed by atoms with E-state index in [9.17, 15) is 5.11 Å². The van der Waals surface area contributed by atoms with E-state index in [2.05, 4.69) is 26.0 Å². The molecular weight excluding hydrogens is 316 g/mol. The molecule has 0 amide bonds. The van der Waals surface area contributed by atoms with Crippen LogP contribution in [0.4, 0.5) is 5.13 Å². The molecule has 7 heteroatoms. The minimum Gasteiger partial charge on any atom is -0.392 e. The molecule has 1 atom stereocenters. The molecular formula is C11H15BrN4OS. The summed E-state index contributed by atoms with van der Waals surface area (Å²) in [5, 5.41) is 14.5. The van der Waals surface area contributed by atoms with Crippen LogP contribution in [0.1, 0.15) is 11.8 Å². The predicted molar refractivity (Wildman–Crippen MR) is 76.1 cm³/mol. The van der Waals surface area contributed by atoms with Gasteiger partial charge in [-0.15, -0.1) is 0 Å². The number of hydrogen-bond acceptors (Lipinski definition) is 5. The Bertz CT molecular complexity index is 511. The SMILES string of the molecule is CC(O)CN(C)c1ncc(Cn2cc(Br)cn2)s1. The minimum absolute atomic E-state index is 0.357.